The van der Waals surface area contributed by atoms with Crippen molar-refractivity contribution in [1.29, 1.82) is 0 Å². The number of piperazine rings is 1. The summed E-state index contributed by atoms with van der Waals surface area (Å²) in [5, 5.41) is 3.39. The summed E-state index contributed by atoms with van der Waals surface area (Å²) in [6.07, 6.45) is 2.32. The quantitative estimate of drug-likeness (QED) is 0.906. The van der Waals surface area contributed by atoms with Crippen LogP contribution in [0.5, 0.6) is 5.75 Å². The van der Waals surface area contributed by atoms with E-state index < -0.39 is 0 Å². The molecule has 0 atom stereocenters. The van der Waals surface area contributed by atoms with E-state index in [9.17, 15) is 0 Å². The van der Waals surface area contributed by atoms with Gasteiger partial charge in [-0.1, -0.05) is 18.2 Å². The first-order valence-corrected chi connectivity index (χ1v) is 7.67. The maximum atomic E-state index is 6.21. The van der Waals surface area contributed by atoms with Gasteiger partial charge in [0.05, 0.1) is 13.2 Å². The number of hydrogen-bond donors (Lipinski definition) is 1. The summed E-state index contributed by atoms with van der Waals surface area (Å²) in [5.74, 6) is 1.05. The molecule has 0 spiro atoms. The van der Waals surface area contributed by atoms with Gasteiger partial charge in [-0.05, 0) is 6.07 Å². The van der Waals surface area contributed by atoms with Crippen LogP contribution in [0.25, 0.3) is 0 Å². The molecule has 1 N–H and O–H groups in total. The lowest BCUT2D eigenvalue weighted by atomic mass is 10.1. The third-order valence-corrected chi connectivity index (χ3v) is 4.04. The lowest BCUT2D eigenvalue weighted by molar-refractivity contribution is 0.0248. The van der Waals surface area contributed by atoms with Gasteiger partial charge in [-0.25, -0.2) is 0 Å². The van der Waals surface area contributed by atoms with Crippen molar-refractivity contribution < 1.29 is 9.47 Å². The molecule has 0 aromatic heterocycles. The molecule has 2 saturated heterocycles. The standard InChI is InChI=1S/C16H24N2O2/c1-2-4-16(20-15-5-11-19-12-6-15)14(3-1)13-18-9-7-17-8-10-18/h1-4,15,17H,5-13H2. The van der Waals surface area contributed by atoms with E-state index in [0.29, 0.717) is 6.10 Å². The summed E-state index contributed by atoms with van der Waals surface area (Å²) in [7, 11) is 0. The molecule has 4 heteroatoms. The number of nitrogens with one attached hydrogen (secondary N) is 1. The Morgan fingerprint density at radius 3 is 2.70 bits per heavy atom. The predicted molar refractivity (Wildman–Crippen MR) is 79.1 cm³/mol. The average molecular weight is 276 g/mol. The highest BCUT2D eigenvalue weighted by atomic mass is 16.5. The van der Waals surface area contributed by atoms with Crippen molar-refractivity contribution in [3.8, 4) is 5.75 Å². The molecule has 2 aliphatic rings. The molecule has 3 rings (SSSR count). The van der Waals surface area contributed by atoms with Gasteiger partial charge in [0.1, 0.15) is 11.9 Å². The molecule has 0 amide bonds. The maximum Gasteiger partial charge on any atom is 0.124 e. The van der Waals surface area contributed by atoms with Crippen LogP contribution in [-0.4, -0.2) is 50.4 Å². The van der Waals surface area contributed by atoms with Crippen LogP contribution in [0.3, 0.4) is 0 Å². The van der Waals surface area contributed by atoms with Gasteiger partial charge in [0.25, 0.3) is 0 Å². The summed E-state index contributed by atoms with van der Waals surface area (Å²) >= 11 is 0. The Hall–Kier alpha value is -1.10. The monoisotopic (exact) mass is 276 g/mol. The number of hydrogen-bond acceptors (Lipinski definition) is 4. The van der Waals surface area contributed by atoms with Gasteiger partial charge in [-0.15, -0.1) is 0 Å². The minimum Gasteiger partial charge on any atom is -0.490 e. The molecule has 0 saturated carbocycles. The predicted octanol–water partition coefficient (Wildman–Crippen LogP) is 1.65. The second kappa shape index (κ2) is 7.07. The fraction of sp³-hybridized carbons (Fsp3) is 0.625. The topological polar surface area (TPSA) is 33.7 Å². The van der Waals surface area contributed by atoms with Crippen LogP contribution in [0.15, 0.2) is 24.3 Å². The number of benzene rings is 1. The smallest absolute Gasteiger partial charge is 0.124 e. The fourth-order valence-electron chi connectivity index (χ4n) is 2.83. The maximum absolute atomic E-state index is 6.21. The summed E-state index contributed by atoms with van der Waals surface area (Å²) in [4.78, 5) is 2.49. The zero-order chi connectivity index (χ0) is 13.6. The Morgan fingerprint density at radius 1 is 1.15 bits per heavy atom. The number of ether oxygens (including phenoxy) is 2. The van der Waals surface area contributed by atoms with Gasteiger partial charge in [0.15, 0.2) is 0 Å². The zero-order valence-electron chi connectivity index (χ0n) is 12.0. The lowest BCUT2D eigenvalue weighted by Crippen LogP contribution is -2.43. The zero-order valence-corrected chi connectivity index (χ0v) is 12.0. The van der Waals surface area contributed by atoms with Crippen LogP contribution < -0.4 is 10.1 Å². The second-order valence-corrected chi connectivity index (χ2v) is 5.56. The minimum atomic E-state index is 0.313. The molecule has 1 aromatic carbocycles. The Kier molecular flexibility index (Phi) is 4.90. The van der Waals surface area contributed by atoms with Gasteiger partial charge >= 0.3 is 0 Å². The molecule has 0 unspecified atom stereocenters. The van der Waals surface area contributed by atoms with Gasteiger partial charge in [-0.2, -0.15) is 0 Å². The van der Waals surface area contributed by atoms with Gasteiger partial charge in [-0.3, -0.25) is 4.90 Å². The molecular weight excluding hydrogens is 252 g/mol. The number of para-hydroxylation sites is 1. The SMILES string of the molecule is c1ccc(OC2CCOCC2)c(CN2CCNCC2)c1. The fourth-order valence-corrected chi connectivity index (χ4v) is 2.83. The summed E-state index contributed by atoms with van der Waals surface area (Å²) < 4.78 is 11.6. The second-order valence-electron chi connectivity index (χ2n) is 5.56. The summed E-state index contributed by atoms with van der Waals surface area (Å²) in [6.45, 7) is 7.04. The first-order chi connectivity index (χ1) is 9.92. The highest BCUT2D eigenvalue weighted by Crippen LogP contribution is 2.24. The van der Waals surface area contributed by atoms with Crippen LogP contribution in [0.2, 0.25) is 0 Å². The third kappa shape index (κ3) is 3.72. The molecule has 1 aromatic rings. The first-order valence-electron chi connectivity index (χ1n) is 7.67. The van der Waals surface area contributed by atoms with E-state index in [0.717, 1.165) is 64.5 Å². The van der Waals surface area contributed by atoms with E-state index in [1.807, 2.05) is 0 Å². The van der Waals surface area contributed by atoms with E-state index in [2.05, 4.69) is 34.5 Å². The van der Waals surface area contributed by atoms with Crippen molar-refractivity contribution in [2.75, 3.05) is 39.4 Å². The molecule has 110 valence electrons. The van der Waals surface area contributed by atoms with Gasteiger partial charge < -0.3 is 14.8 Å². The van der Waals surface area contributed by atoms with E-state index in [4.69, 9.17) is 9.47 Å². The van der Waals surface area contributed by atoms with Crippen molar-refractivity contribution in [1.82, 2.24) is 10.2 Å². The minimum absolute atomic E-state index is 0.313. The Balaban J connectivity index is 1.63. The van der Waals surface area contributed by atoms with Crippen molar-refractivity contribution in [3.63, 3.8) is 0 Å². The summed E-state index contributed by atoms with van der Waals surface area (Å²) in [5.41, 5.74) is 1.31. The van der Waals surface area contributed by atoms with E-state index in [1.165, 1.54) is 5.56 Å². The molecule has 2 aliphatic heterocycles. The van der Waals surface area contributed by atoms with Crippen molar-refractivity contribution >= 4 is 0 Å². The number of nitrogens with zero attached hydrogens (tertiary/aromatic N) is 1. The largest absolute Gasteiger partial charge is 0.490 e. The molecule has 0 bridgehead atoms. The van der Waals surface area contributed by atoms with Gasteiger partial charge in [0.2, 0.25) is 0 Å². The van der Waals surface area contributed by atoms with Gasteiger partial charge in [0, 0.05) is 51.1 Å². The highest BCUT2D eigenvalue weighted by Gasteiger charge is 2.18. The first kappa shape index (κ1) is 13.9. The Bertz CT molecular complexity index is 374. The van der Waals surface area contributed by atoms with Crippen molar-refractivity contribution in [2.45, 2.75) is 25.5 Å². The van der Waals surface area contributed by atoms with Crippen molar-refractivity contribution in [2.24, 2.45) is 0 Å². The molecule has 2 fully saturated rings. The summed E-state index contributed by atoms with van der Waals surface area (Å²) in [6, 6.07) is 8.47. The normalized spacial score (nSPS) is 21.8. The van der Waals surface area contributed by atoms with Crippen LogP contribution in [0.4, 0.5) is 0 Å². The van der Waals surface area contributed by atoms with E-state index >= 15 is 0 Å². The van der Waals surface area contributed by atoms with Crippen LogP contribution in [-0.2, 0) is 11.3 Å². The van der Waals surface area contributed by atoms with Crippen LogP contribution in [0.1, 0.15) is 18.4 Å². The van der Waals surface area contributed by atoms with Crippen LogP contribution in [0, 0.1) is 0 Å². The molecule has 2 heterocycles. The highest BCUT2D eigenvalue weighted by molar-refractivity contribution is 5.33. The molecule has 0 radical (unpaired) electrons. The third-order valence-electron chi connectivity index (χ3n) is 4.04. The van der Waals surface area contributed by atoms with Crippen molar-refractivity contribution in [3.05, 3.63) is 29.8 Å². The number of rotatable bonds is 4. The van der Waals surface area contributed by atoms with E-state index in [1.54, 1.807) is 0 Å². The lowest BCUT2D eigenvalue weighted by Gasteiger charge is -2.29. The van der Waals surface area contributed by atoms with E-state index in [-0.39, 0.29) is 0 Å². The molecule has 0 aliphatic carbocycles. The average Bonchev–Trinajstić information content (AvgIpc) is 2.51. The van der Waals surface area contributed by atoms with Crippen LogP contribution >= 0.6 is 0 Å². The molecule has 4 nitrogen and oxygen atoms in total. The Labute approximate surface area is 121 Å². The Morgan fingerprint density at radius 2 is 1.90 bits per heavy atom. The molecule has 20 heavy (non-hydrogen) atoms. The molecular formula is C16H24N2O2.